The smallest absolute Gasteiger partial charge is 0.283 e. The van der Waals surface area contributed by atoms with Gasteiger partial charge < -0.3 is 15.5 Å². The van der Waals surface area contributed by atoms with Crippen LogP contribution in [0.3, 0.4) is 0 Å². The van der Waals surface area contributed by atoms with Crippen LogP contribution in [0.15, 0.2) is 54.6 Å². The van der Waals surface area contributed by atoms with Gasteiger partial charge in [-0.25, -0.2) is 0 Å². The highest BCUT2D eigenvalue weighted by molar-refractivity contribution is 5.93. The van der Waals surface area contributed by atoms with Crippen LogP contribution in [-0.2, 0) is 11.3 Å². The first-order valence-corrected chi connectivity index (χ1v) is 9.07. The summed E-state index contributed by atoms with van der Waals surface area (Å²) in [6.07, 6.45) is 2.15. The first-order valence-electron chi connectivity index (χ1n) is 9.07. The minimum Gasteiger partial charge on any atom is -0.355 e. The van der Waals surface area contributed by atoms with Crippen LogP contribution in [0.5, 0.6) is 0 Å². The van der Waals surface area contributed by atoms with E-state index in [4.69, 9.17) is 0 Å². The molecule has 0 aliphatic heterocycles. The number of amides is 2. The van der Waals surface area contributed by atoms with Crippen molar-refractivity contribution in [1.82, 2.24) is 10.6 Å². The van der Waals surface area contributed by atoms with Crippen LogP contribution in [0.4, 0.5) is 0 Å². The molecule has 0 saturated heterocycles. The summed E-state index contributed by atoms with van der Waals surface area (Å²) < 4.78 is 0. The van der Waals surface area contributed by atoms with E-state index in [1.54, 1.807) is 7.05 Å². The molecule has 3 rings (SSSR count). The Morgan fingerprint density at radius 2 is 1.73 bits per heavy atom. The molecular formula is C21H26N3O2+. The third-order valence-corrected chi connectivity index (χ3v) is 4.74. The fourth-order valence-corrected chi connectivity index (χ4v) is 3.16. The summed E-state index contributed by atoms with van der Waals surface area (Å²) in [5, 5.41) is 5.76. The Morgan fingerprint density at radius 3 is 2.31 bits per heavy atom. The van der Waals surface area contributed by atoms with Crippen LogP contribution < -0.4 is 15.5 Å². The SMILES string of the molecule is CNC(=O)c1ccc(C[NH+](C)[C@H](C(=O)NC2CC2)c2ccccc2)cc1. The Hall–Kier alpha value is -2.66. The largest absolute Gasteiger partial charge is 0.355 e. The normalized spacial score (nSPS) is 15.8. The van der Waals surface area contributed by atoms with Gasteiger partial charge in [-0.15, -0.1) is 0 Å². The highest BCUT2D eigenvalue weighted by atomic mass is 16.2. The molecule has 2 aromatic rings. The number of carbonyl (C=O) groups excluding carboxylic acids is 2. The molecule has 0 heterocycles. The first-order chi connectivity index (χ1) is 12.6. The minimum absolute atomic E-state index is 0.0816. The predicted octanol–water partition coefficient (Wildman–Crippen LogP) is 1.08. The summed E-state index contributed by atoms with van der Waals surface area (Å²) in [7, 11) is 3.66. The van der Waals surface area contributed by atoms with Crippen molar-refractivity contribution in [3.63, 3.8) is 0 Å². The Morgan fingerprint density at radius 1 is 1.08 bits per heavy atom. The van der Waals surface area contributed by atoms with E-state index in [2.05, 4.69) is 10.6 Å². The van der Waals surface area contributed by atoms with Crippen LogP contribution in [-0.4, -0.2) is 32.0 Å². The monoisotopic (exact) mass is 352 g/mol. The summed E-state index contributed by atoms with van der Waals surface area (Å²) in [6.45, 7) is 0.700. The van der Waals surface area contributed by atoms with Gasteiger partial charge in [0.25, 0.3) is 11.8 Å². The molecule has 2 aromatic carbocycles. The van der Waals surface area contributed by atoms with E-state index in [0.717, 1.165) is 28.9 Å². The lowest BCUT2D eigenvalue weighted by Gasteiger charge is -2.25. The zero-order valence-electron chi connectivity index (χ0n) is 15.3. The quantitative estimate of drug-likeness (QED) is 0.698. The van der Waals surface area contributed by atoms with E-state index in [1.165, 1.54) is 0 Å². The van der Waals surface area contributed by atoms with Gasteiger partial charge in [0.1, 0.15) is 6.54 Å². The Balaban J connectivity index is 1.75. The first kappa shape index (κ1) is 18.1. The van der Waals surface area contributed by atoms with Crippen LogP contribution >= 0.6 is 0 Å². The Kier molecular flexibility index (Phi) is 5.68. The fourth-order valence-electron chi connectivity index (χ4n) is 3.16. The number of hydrogen-bond acceptors (Lipinski definition) is 2. The van der Waals surface area contributed by atoms with E-state index in [9.17, 15) is 9.59 Å². The van der Waals surface area contributed by atoms with Gasteiger partial charge in [0.15, 0.2) is 6.04 Å². The molecular weight excluding hydrogens is 326 g/mol. The average molecular weight is 352 g/mol. The van der Waals surface area contributed by atoms with Gasteiger partial charge in [0.05, 0.1) is 7.05 Å². The number of hydrogen-bond donors (Lipinski definition) is 3. The highest BCUT2D eigenvalue weighted by Crippen LogP contribution is 2.20. The van der Waals surface area contributed by atoms with Gasteiger partial charge in [-0.2, -0.15) is 0 Å². The summed E-state index contributed by atoms with van der Waals surface area (Å²) in [6, 6.07) is 17.6. The molecule has 3 N–H and O–H groups in total. The van der Waals surface area contributed by atoms with Gasteiger partial charge in [-0.3, -0.25) is 9.59 Å². The molecule has 2 atom stereocenters. The number of carbonyl (C=O) groups is 2. The topological polar surface area (TPSA) is 62.6 Å². The van der Waals surface area contributed by atoms with Crippen molar-refractivity contribution in [2.75, 3.05) is 14.1 Å². The van der Waals surface area contributed by atoms with Crippen molar-refractivity contribution in [3.05, 3.63) is 71.3 Å². The number of rotatable bonds is 7. The molecule has 26 heavy (non-hydrogen) atoms. The van der Waals surface area contributed by atoms with Gasteiger partial charge in [-0.05, 0) is 25.0 Å². The number of likely N-dealkylation sites (N-methyl/N-ethyl adjacent to an activating group) is 1. The second-order valence-corrected chi connectivity index (χ2v) is 6.93. The molecule has 5 heteroatoms. The highest BCUT2D eigenvalue weighted by Gasteiger charge is 2.33. The number of nitrogens with one attached hydrogen (secondary N) is 3. The average Bonchev–Trinajstić information content (AvgIpc) is 3.46. The van der Waals surface area contributed by atoms with Gasteiger partial charge in [0, 0.05) is 29.8 Å². The summed E-state index contributed by atoms with van der Waals surface area (Å²) >= 11 is 0. The maximum Gasteiger partial charge on any atom is 0.283 e. The molecule has 5 nitrogen and oxygen atoms in total. The lowest BCUT2D eigenvalue weighted by Crippen LogP contribution is -3.09. The molecule has 1 aliphatic rings. The van der Waals surface area contributed by atoms with Gasteiger partial charge >= 0.3 is 0 Å². The lowest BCUT2D eigenvalue weighted by molar-refractivity contribution is -0.916. The molecule has 1 saturated carbocycles. The van der Waals surface area contributed by atoms with Crippen LogP contribution in [0.25, 0.3) is 0 Å². The van der Waals surface area contributed by atoms with E-state index >= 15 is 0 Å². The minimum atomic E-state index is -0.254. The Bertz CT molecular complexity index is 755. The molecule has 1 aliphatic carbocycles. The van der Waals surface area contributed by atoms with Gasteiger partial charge in [-0.1, -0.05) is 42.5 Å². The van der Waals surface area contributed by atoms with Crippen molar-refractivity contribution in [2.45, 2.75) is 31.5 Å². The summed E-state index contributed by atoms with van der Waals surface area (Å²) in [4.78, 5) is 25.6. The van der Waals surface area contributed by atoms with Crippen molar-refractivity contribution in [2.24, 2.45) is 0 Å². The van der Waals surface area contributed by atoms with Crippen molar-refractivity contribution in [1.29, 1.82) is 0 Å². The van der Waals surface area contributed by atoms with E-state index in [0.29, 0.717) is 18.2 Å². The van der Waals surface area contributed by atoms with Gasteiger partial charge in [0.2, 0.25) is 0 Å². The molecule has 1 fully saturated rings. The predicted molar refractivity (Wildman–Crippen MR) is 101 cm³/mol. The molecule has 0 radical (unpaired) electrons. The molecule has 1 unspecified atom stereocenters. The van der Waals surface area contributed by atoms with Crippen molar-refractivity contribution in [3.8, 4) is 0 Å². The zero-order valence-corrected chi connectivity index (χ0v) is 15.3. The van der Waals surface area contributed by atoms with E-state index < -0.39 is 0 Å². The maximum atomic E-state index is 12.8. The lowest BCUT2D eigenvalue weighted by atomic mass is 10.0. The molecule has 0 spiro atoms. The van der Waals surface area contributed by atoms with E-state index in [-0.39, 0.29) is 17.9 Å². The van der Waals surface area contributed by atoms with Crippen molar-refractivity contribution < 1.29 is 14.5 Å². The third kappa shape index (κ3) is 4.49. The number of benzene rings is 2. The third-order valence-electron chi connectivity index (χ3n) is 4.74. The maximum absolute atomic E-state index is 12.8. The van der Waals surface area contributed by atoms with E-state index in [1.807, 2.05) is 61.6 Å². The zero-order chi connectivity index (χ0) is 18.5. The summed E-state index contributed by atoms with van der Waals surface area (Å²) in [5.74, 6) is -0.0126. The standard InChI is InChI=1S/C21H25N3O2/c1-22-20(25)17-10-8-15(9-11-17)14-24(2)19(16-6-4-3-5-7-16)21(26)23-18-12-13-18/h3-11,18-19H,12-14H2,1-2H3,(H,22,25)(H,23,26)/p+1/t19-/m0/s1. The second kappa shape index (κ2) is 8.15. The molecule has 0 bridgehead atoms. The summed E-state index contributed by atoms with van der Waals surface area (Å²) in [5.41, 5.74) is 2.75. The van der Waals surface area contributed by atoms with Crippen LogP contribution in [0, 0.1) is 0 Å². The molecule has 0 aromatic heterocycles. The number of quaternary nitrogens is 1. The second-order valence-electron chi connectivity index (χ2n) is 6.93. The fraction of sp³-hybridized carbons (Fsp3) is 0.333. The van der Waals surface area contributed by atoms with Crippen molar-refractivity contribution >= 4 is 11.8 Å². The van der Waals surface area contributed by atoms with Crippen LogP contribution in [0.2, 0.25) is 0 Å². The van der Waals surface area contributed by atoms with Crippen LogP contribution in [0.1, 0.15) is 40.4 Å². The molecule has 2 amide bonds. The molecule has 136 valence electrons. The Labute approximate surface area is 154 Å².